The van der Waals surface area contributed by atoms with E-state index in [0.717, 1.165) is 64.2 Å². The number of ketones is 1. The summed E-state index contributed by atoms with van der Waals surface area (Å²) >= 11 is 0. The van der Waals surface area contributed by atoms with E-state index in [1.54, 1.807) is 0 Å². The van der Waals surface area contributed by atoms with Crippen molar-refractivity contribution in [3.63, 3.8) is 0 Å². The Balaban J connectivity index is 1.36. The number of aliphatic carboxylic acids is 1. The number of unbranched alkanes of at least 4 members (excludes halogenated alkanes) is 11. The summed E-state index contributed by atoms with van der Waals surface area (Å²) < 4.78 is 139. The van der Waals surface area contributed by atoms with Crippen molar-refractivity contribution >= 4 is 62.1 Å². The van der Waals surface area contributed by atoms with Gasteiger partial charge in [-0.2, -0.15) is 16.8 Å². The van der Waals surface area contributed by atoms with Crippen molar-refractivity contribution in [3.8, 4) is 0 Å². The highest BCUT2D eigenvalue weighted by atomic mass is 32.3. The van der Waals surface area contributed by atoms with Gasteiger partial charge in [0.15, 0.2) is 24.8 Å². The van der Waals surface area contributed by atoms with Gasteiger partial charge in [-0.1, -0.05) is 72.1 Å². The van der Waals surface area contributed by atoms with Crippen molar-refractivity contribution in [1.82, 2.24) is 26.6 Å². The van der Waals surface area contributed by atoms with E-state index in [9.17, 15) is 75.4 Å². The molecule has 0 spiro atoms. The number of hydrogen-bond donors (Lipinski definition) is 11. The number of nitrogens with one attached hydrogen (secondary N) is 5. The SMILES string of the molecule is CC(=O)CCOCCOCCOCCNC(=O)CCCCCCCNC(=O)CCOCC(C)(C)COCCC(=O)NCCCCCCCC(=O)NCCOCCOCCOCCC(=O)NCCCCCCOC1OC(C(=O)O)C(OC2OC(COS(=O)(=O)O)C(O)C(O)C2C)C(O)C1OS(=O)(=O)O. The van der Waals surface area contributed by atoms with Gasteiger partial charge in [-0.05, 0) is 45.4 Å². The molecule has 2 saturated heterocycles. The summed E-state index contributed by atoms with van der Waals surface area (Å²) in [6, 6.07) is 0. The van der Waals surface area contributed by atoms with Crippen molar-refractivity contribution in [2.45, 2.75) is 211 Å². The fourth-order valence-electron chi connectivity index (χ4n) is 10.1. The maximum Gasteiger partial charge on any atom is 0.397 e. The molecule has 5 amide bonds. The lowest BCUT2D eigenvalue weighted by Gasteiger charge is -2.46. The van der Waals surface area contributed by atoms with Gasteiger partial charge in [-0.15, -0.1) is 0 Å². The van der Waals surface area contributed by atoms with Gasteiger partial charge in [0.2, 0.25) is 29.5 Å². The highest BCUT2D eigenvalue weighted by molar-refractivity contribution is 7.81. The van der Waals surface area contributed by atoms with Crippen LogP contribution >= 0.6 is 0 Å². The monoisotopic (exact) mass is 1530 g/mol. The molecule has 0 aromatic heterocycles. The van der Waals surface area contributed by atoms with Gasteiger partial charge in [0.05, 0.1) is 118 Å². The zero-order chi connectivity index (χ0) is 76.2. The molecule has 0 aliphatic carbocycles. The van der Waals surface area contributed by atoms with Crippen molar-refractivity contribution in [3.05, 3.63) is 0 Å². The van der Waals surface area contributed by atoms with Crippen molar-refractivity contribution in [2.75, 3.05) is 152 Å². The average Bonchev–Trinajstić information content (AvgIpc) is 0.776. The van der Waals surface area contributed by atoms with Crippen LogP contribution in [0.2, 0.25) is 0 Å². The molecule has 2 heterocycles. The molecule has 2 fully saturated rings. The third-order valence-corrected chi connectivity index (χ3v) is 16.7. The predicted molar refractivity (Wildman–Crippen MR) is 365 cm³/mol. The minimum Gasteiger partial charge on any atom is -0.479 e. The molecule has 0 radical (unpaired) electrons. The normalized spacial score (nSPS) is 20.9. The summed E-state index contributed by atoms with van der Waals surface area (Å²) in [5, 5.41) is 56.4. The number of hydrogen-bond acceptors (Lipinski definition) is 28. The smallest absolute Gasteiger partial charge is 0.397 e. The van der Waals surface area contributed by atoms with Crippen molar-refractivity contribution < 1.29 is 145 Å². The Morgan fingerprint density at radius 1 is 0.417 bits per heavy atom. The number of carboxylic acids is 1. The van der Waals surface area contributed by atoms with E-state index in [4.69, 9.17) is 61.4 Å². The van der Waals surface area contributed by atoms with Crippen LogP contribution in [0.25, 0.3) is 0 Å². The number of ether oxygens (including phenoxy) is 12. The third kappa shape index (κ3) is 50.0. The number of aliphatic hydroxyl groups is 3. The highest BCUT2D eigenvalue weighted by Gasteiger charge is 2.54. The van der Waals surface area contributed by atoms with Gasteiger partial charge < -0.3 is 104 Å². The molecule has 0 aromatic carbocycles. The predicted octanol–water partition coefficient (Wildman–Crippen LogP) is 0.780. The summed E-state index contributed by atoms with van der Waals surface area (Å²) in [7, 11) is -10.4. The molecule has 0 bridgehead atoms. The van der Waals surface area contributed by atoms with E-state index in [-0.39, 0.29) is 93.0 Å². The minimum absolute atomic E-state index is 0.00285. The van der Waals surface area contributed by atoms with E-state index in [1.807, 2.05) is 13.8 Å². The fourth-order valence-corrected chi connectivity index (χ4v) is 10.9. The largest absolute Gasteiger partial charge is 0.479 e. The number of carbonyl (C=O) groups is 7. The quantitative estimate of drug-likeness (QED) is 0.0296. The molecule has 0 aromatic rings. The van der Waals surface area contributed by atoms with Crippen LogP contribution in [0.3, 0.4) is 0 Å². The van der Waals surface area contributed by atoms with Crippen molar-refractivity contribution in [1.29, 1.82) is 0 Å². The van der Waals surface area contributed by atoms with E-state index in [2.05, 4.69) is 35.0 Å². The van der Waals surface area contributed by atoms with Gasteiger partial charge in [0, 0.05) is 89.2 Å². The van der Waals surface area contributed by atoms with Gasteiger partial charge in [-0.3, -0.25) is 37.9 Å². The Morgan fingerprint density at radius 2 is 0.806 bits per heavy atom. The molecule has 103 heavy (non-hydrogen) atoms. The molecule has 0 saturated carbocycles. The Morgan fingerprint density at radius 3 is 1.24 bits per heavy atom. The maximum atomic E-state index is 12.3. The number of Topliss-reactive ketones (excluding diaryl/α,β-unsaturated/α-hetero) is 1. The van der Waals surface area contributed by atoms with Crippen LogP contribution in [0.4, 0.5) is 0 Å². The van der Waals surface area contributed by atoms with E-state index in [0.29, 0.717) is 157 Å². The lowest BCUT2D eigenvalue weighted by molar-refractivity contribution is -0.343. The number of rotatable bonds is 66. The van der Waals surface area contributed by atoms with E-state index in [1.165, 1.54) is 13.8 Å². The number of aliphatic hydroxyl groups excluding tert-OH is 3. The highest BCUT2D eigenvalue weighted by Crippen LogP contribution is 2.34. The Hall–Kier alpha value is -4.37. The van der Waals surface area contributed by atoms with Gasteiger partial charge in [0.1, 0.15) is 30.2 Å². The van der Waals surface area contributed by atoms with Gasteiger partial charge >= 0.3 is 26.8 Å². The summed E-state index contributed by atoms with van der Waals surface area (Å²) in [5.41, 5.74) is -0.297. The average molecular weight is 1530 g/mol. The first-order chi connectivity index (χ1) is 49.1. The molecule has 602 valence electrons. The first-order valence-corrected chi connectivity index (χ1v) is 38.4. The van der Waals surface area contributed by atoms with Crippen LogP contribution in [-0.2, 0) is 120 Å². The molecular weight excluding hydrogens is 1410 g/mol. The summed E-state index contributed by atoms with van der Waals surface area (Å²) in [5.74, 6) is -3.25. The lowest BCUT2D eigenvalue weighted by Crippen LogP contribution is -2.64. The zero-order valence-electron chi connectivity index (χ0n) is 60.4. The van der Waals surface area contributed by atoms with Crippen molar-refractivity contribution in [2.24, 2.45) is 11.3 Å². The molecule has 10 unspecified atom stereocenters. The first kappa shape index (κ1) is 94.7. The van der Waals surface area contributed by atoms with Gasteiger partial charge in [0.25, 0.3) is 0 Å². The third-order valence-electron chi connectivity index (χ3n) is 15.8. The van der Waals surface area contributed by atoms with Crippen LogP contribution in [-0.4, -0.2) is 295 Å². The van der Waals surface area contributed by atoms with Crippen LogP contribution in [0.1, 0.15) is 156 Å². The second kappa shape index (κ2) is 56.9. The molecule has 2 aliphatic heterocycles. The second-order valence-electron chi connectivity index (χ2n) is 25.7. The standard InChI is InChI=1S/C65H119N5O31S2/c1-48(71)21-31-88-37-41-92-43-39-90-35-28-69-51(72)19-13-7-5-9-15-25-67-54(75)23-33-94-46-65(3,4)47-95-34-24-55(76)68-26-16-10-6-8-14-20-52(73)70-29-36-91-40-44-93-42-38-89-32-22-53(74)66-27-17-11-12-18-30-96-64-60(101-103(85,86)87)58(79)59(61(100-64)62(80)81)99-63-49(2)56(77)57(78)50(98-63)45-97-102(82,83)84/h49-50,56-61,63-64,77-79H,5-47H2,1-4H3,(H,66,74)(H,67,75)(H,68,76)(H,69,72)(H,70,73)(H,80,81)(H,82,83,84)(H,85,86,87). The van der Waals surface area contributed by atoms with E-state index < -0.39 is 94.6 Å². The molecule has 36 nitrogen and oxygen atoms in total. The number of carbonyl (C=O) groups excluding carboxylic acids is 6. The summed E-state index contributed by atoms with van der Waals surface area (Å²) in [6.45, 7) is 13.6. The Bertz CT molecular complexity index is 2570. The number of carboxylic acid groups (broad SMARTS) is 1. The van der Waals surface area contributed by atoms with E-state index >= 15 is 0 Å². The second-order valence-corrected chi connectivity index (χ2v) is 27.8. The maximum absolute atomic E-state index is 12.3. The fraction of sp³-hybridized carbons (Fsp3) is 0.892. The molecular formula is C65H119N5O31S2. The van der Waals surface area contributed by atoms with Crippen LogP contribution in [0, 0.1) is 11.3 Å². The van der Waals surface area contributed by atoms with Gasteiger partial charge in [-0.25, -0.2) is 13.2 Å². The van der Waals surface area contributed by atoms with Crippen LogP contribution in [0.15, 0.2) is 0 Å². The first-order valence-electron chi connectivity index (χ1n) is 35.7. The van der Waals surface area contributed by atoms with Crippen LogP contribution < -0.4 is 26.6 Å². The molecule has 38 heteroatoms. The Kier molecular flexibility index (Phi) is 52.3. The molecule has 2 rings (SSSR count). The molecule has 10 atom stereocenters. The summed E-state index contributed by atoms with van der Waals surface area (Å²) in [6.07, 6.45) is -4.41. The minimum atomic E-state index is -5.33. The topological polar surface area (TPSA) is 499 Å². The Labute approximate surface area is 605 Å². The molecule has 2 aliphatic rings. The summed E-state index contributed by atoms with van der Waals surface area (Å²) in [4.78, 5) is 84.3. The lowest BCUT2D eigenvalue weighted by atomic mass is 9.92. The number of amides is 5. The van der Waals surface area contributed by atoms with Crippen LogP contribution in [0.5, 0.6) is 0 Å². The zero-order valence-corrected chi connectivity index (χ0v) is 62.0. The molecule has 11 N–H and O–H groups in total.